The molecule has 0 aromatic carbocycles. The van der Waals surface area contributed by atoms with Crippen LogP contribution in [0.3, 0.4) is 0 Å². The topological polar surface area (TPSA) is 130 Å². The van der Waals surface area contributed by atoms with Crippen LogP contribution in [0.1, 0.15) is 29.5 Å². The number of thiophene rings is 2. The Kier molecular flexibility index (Phi) is 7.60. The second kappa shape index (κ2) is 9.91. The Balaban J connectivity index is 0.000000500. The van der Waals surface area contributed by atoms with E-state index in [1.807, 2.05) is 11.4 Å². The van der Waals surface area contributed by atoms with Crippen molar-refractivity contribution in [2.45, 2.75) is 25.5 Å². The lowest BCUT2D eigenvalue weighted by molar-refractivity contribution is -0.368. The maximum absolute atomic E-state index is 11.2. The average molecular weight is 410 g/mol. The lowest BCUT2D eigenvalue weighted by Gasteiger charge is -2.21. The maximum atomic E-state index is 11.2. The Morgan fingerprint density at radius 3 is 2.43 bits per heavy atom. The number of hydrogen-bond acceptors (Lipinski definition) is 6. The molecule has 3 rings (SSSR count). The van der Waals surface area contributed by atoms with E-state index in [0.29, 0.717) is 15.3 Å². The summed E-state index contributed by atoms with van der Waals surface area (Å²) in [5, 5.41) is 42.6. The van der Waals surface area contributed by atoms with Gasteiger partial charge in [-0.3, -0.25) is 0 Å². The predicted molar refractivity (Wildman–Crippen MR) is 113 cm³/mol. The van der Waals surface area contributed by atoms with Crippen LogP contribution >= 0.6 is 22.7 Å². The Hall–Kier alpha value is -2.84. The van der Waals surface area contributed by atoms with Gasteiger partial charge in [0.25, 0.3) is 0 Å². The zero-order valence-electron chi connectivity index (χ0n) is 15.3. The molecule has 0 bridgehead atoms. The third-order valence-corrected chi connectivity index (χ3v) is 5.77. The molecule has 1 unspecified atom stereocenters. The van der Waals surface area contributed by atoms with Crippen LogP contribution in [0.5, 0.6) is 0 Å². The van der Waals surface area contributed by atoms with Gasteiger partial charge in [0.1, 0.15) is 17.9 Å². The second-order valence-electron chi connectivity index (χ2n) is 5.75. The molecule has 1 aliphatic heterocycles. The van der Waals surface area contributed by atoms with Gasteiger partial charge in [-0.1, -0.05) is 25.5 Å². The van der Waals surface area contributed by atoms with Gasteiger partial charge in [0.05, 0.1) is 22.6 Å². The molecule has 0 radical (unpaired) electrons. The van der Waals surface area contributed by atoms with Crippen molar-refractivity contribution >= 4 is 39.8 Å². The number of unbranched alkanes of at least 4 members (excludes halogenated alkanes) is 1. The van der Waals surface area contributed by atoms with E-state index < -0.39 is 5.72 Å². The number of rotatable bonds is 5. The number of nitrogens with zero attached hydrogens (tertiary/aromatic N) is 4. The van der Waals surface area contributed by atoms with Gasteiger partial charge in [-0.05, 0) is 29.3 Å². The van der Waals surface area contributed by atoms with Crippen molar-refractivity contribution in [1.82, 2.24) is 0 Å². The summed E-state index contributed by atoms with van der Waals surface area (Å²) in [6.45, 7) is 3.27. The van der Waals surface area contributed by atoms with Gasteiger partial charge in [-0.25, -0.2) is 10.9 Å². The number of quaternary nitrogens is 1. The average Bonchev–Trinajstić information content (AvgIpc) is 3.45. The van der Waals surface area contributed by atoms with E-state index >= 15 is 0 Å². The van der Waals surface area contributed by atoms with E-state index in [1.54, 1.807) is 41.6 Å². The minimum atomic E-state index is -1.77. The Morgan fingerprint density at radius 2 is 2.00 bits per heavy atom. The van der Waals surface area contributed by atoms with E-state index in [-0.39, 0.29) is 16.9 Å². The van der Waals surface area contributed by atoms with Crippen LogP contribution in [0.4, 0.5) is 0 Å². The van der Waals surface area contributed by atoms with Gasteiger partial charge in [0, 0.05) is 10.5 Å². The first-order valence-corrected chi connectivity index (χ1v) is 10.3. The molecule has 0 spiro atoms. The minimum absolute atomic E-state index is 0.0569. The molecule has 3 heterocycles. The summed E-state index contributed by atoms with van der Waals surface area (Å²) < 4.78 is 0. The van der Waals surface area contributed by atoms with Gasteiger partial charge in [0.15, 0.2) is 0 Å². The van der Waals surface area contributed by atoms with E-state index in [2.05, 4.69) is 17.6 Å². The molecule has 1 atom stereocenters. The number of nitriles is 2. The molecule has 28 heavy (non-hydrogen) atoms. The molecule has 0 saturated carbocycles. The van der Waals surface area contributed by atoms with Crippen LogP contribution in [-0.2, 0) is 5.72 Å². The summed E-state index contributed by atoms with van der Waals surface area (Å²) in [5.41, 5.74) is 1.93. The first-order chi connectivity index (χ1) is 13.6. The molecule has 0 amide bonds. The van der Waals surface area contributed by atoms with Gasteiger partial charge in [-0.2, -0.15) is 10.5 Å². The fraction of sp³-hybridized carbons (Fsp3) is 0.250. The Bertz CT molecular complexity index is 998. The molecular formula is C20H19N5OS2. The van der Waals surface area contributed by atoms with Gasteiger partial charge in [0.2, 0.25) is 5.72 Å². The Labute approximate surface area is 171 Å². The summed E-state index contributed by atoms with van der Waals surface area (Å²) in [5.74, 6) is 1.74. The summed E-state index contributed by atoms with van der Waals surface area (Å²) >= 11 is 2.65. The maximum Gasteiger partial charge on any atom is 0.221 e. The zero-order valence-corrected chi connectivity index (χ0v) is 17.0. The van der Waals surface area contributed by atoms with Crippen molar-refractivity contribution < 1.29 is 10.8 Å². The van der Waals surface area contributed by atoms with E-state index in [9.17, 15) is 10.4 Å². The predicted octanol–water partition coefficient (Wildman–Crippen LogP) is 3.10. The van der Waals surface area contributed by atoms with E-state index in [0.717, 1.165) is 6.54 Å². The fourth-order valence-electron chi connectivity index (χ4n) is 2.61. The van der Waals surface area contributed by atoms with Crippen LogP contribution in [0, 0.1) is 22.7 Å². The molecule has 2 aromatic rings. The molecular weight excluding hydrogens is 390 g/mol. The molecule has 0 fully saturated rings. The summed E-state index contributed by atoms with van der Waals surface area (Å²) in [6.07, 6.45) is 2.56. The molecule has 6 nitrogen and oxygen atoms in total. The lowest BCUT2D eigenvalue weighted by atomic mass is 9.95. The number of allylic oxidation sites excluding steroid dienone is 2. The number of aliphatic hydroxyl groups is 1. The summed E-state index contributed by atoms with van der Waals surface area (Å²) in [4.78, 5) is 5.40. The van der Waals surface area contributed by atoms with Gasteiger partial charge < -0.3 is 16.2 Å². The smallest absolute Gasteiger partial charge is 0.221 e. The third kappa shape index (κ3) is 4.18. The highest BCUT2D eigenvalue weighted by Crippen LogP contribution is 2.47. The van der Waals surface area contributed by atoms with Crippen molar-refractivity contribution in [3.63, 3.8) is 0 Å². The van der Waals surface area contributed by atoms with Gasteiger partial charge in [-0.15, -0.1) is 22.7 Å². The number of hydrogen-bond donors (Lipinski definition) is 2. The number of aliphatic imine (C=N–C) groups is 1. The summed E-state index contributed by atoms with van der Waals surface area (Å²) in [6, 6.07) is 10.8. The highest BCUT2D eigenvalue weighted by Gasteiger charge is 2.45. The van der Waals surface area contributed by atoms with Crippen molar-refractivity contribution in [3.8, 4) is 12.1 Å². The fourth-order valence-corrected chi connectivity index (χ4v) is 4.20. The largest absolute Gasteiger partial charge is 0.762 e. The van der Waals surface area contributed by atoms with E-state index in [4.69, 9.17) is 10.7 Å². The molecule has 0 aliphatic carbocycles. The second-order valence-corrected chi connectivity index (χ2v) is 7.65. The first kappa shape index (κ1) is 21.5. The molecule has 142 valence electrons. The SMILES string of the molecule is CCCC[NH3+].N#CC(=C=[N-])C1=NC(O)(c2cccs2)C(c2cccs2)=C1C#N. The van der Waals surface area contributed by atoms with Crippen molar-refractivity contribution in [2.24, 2.45) is 4.99 Å². The van der Waals surface area contributed by atoms with Crippen LogP contribution in [0.2, 0.25) is 0 Å². The first-order valence-electron chi connectivity index (χ1n) is 8.59. The van der Waals surface area contributed by atoms with Crippen LogP contribution < -0.4 is 5.73 Å². The molecule has 2 aromatic heterocycles. The third-order valence-electron chi connectivity index (χ3n) is 3.92. The standard InChI is InChI=1S/C16H7N4OS2.C4H11N/c17-7-10(8-18)15-11(9-19)14(12-3-1-5-22-12)16(21,20-15)13-4-2-6-23-13;1-2-3-4-5/h1-6,21H;2-5H2,1H3/q-1;/p+1. The molecule has 1 aliphatic rings. The summed E-state index contributed by atoms with van der Waals surface area (Å²) in [7, 11) is 0. The zero-order chi connectivity index (χ0) is 20.6. The van der Waals surface area contributed by atoms with Crippen molar-refractivity contribution in [1.29, 1.82) is 10.5 Å². The molecule has 8 heteroatoms. The highest BCUT2D eigenvalue weighted by atomic mass is 32.1. The molecule has 0 saturated heterocycles. The highest BCUT2D eigenvalue weighted by molar-refractivity contribution is 7.11. The minimum Gasteiger partial charge on any atom is -0.762 e. The lowest BCUT2D eigenvalue weighted by Crippen LogP contribution is -2.49. The van der Waals surface area contributed by atoms with Crippen LogP contribution in [0.25, 0.3) is 11.0 Å². The quantitative estimate of drug-likeness (QED) is 0.581. The van der Waals surface area contributed by atoms with E-state index in [1.165, 1.54) is 35.5 Å². The van der Waals surface area contributed by atoms with Crippen LogP contribution in [-0.4, -0.2) is 23.2 Å². The van der Waals surface area contributed by atoms with Crippen LogP contribution in [0.15, 0.2) is 51.2 Å². The molecule has 4 N–H and O–H groups in total. The van der Waals surface area contributed by atoms with Gasteiger partial charge >= 0.3 is 0 Å². The van der Waals surface area contributed by atoms with Crippen molar-refractivity contribution in [3.05, 3.63) is 61.3 Å². The normalized spacial score (nSPS) is 17.7. The van der Waals surface area contributed by atoms with Crippen molar-refractivity contribution in [2.75, 3.05) is 6.54 Å². The Morgan fingerprint density at radius 1 is 1.29 bits per heavy atom. The monoisotopic (exact) mass is 409 g/mol.